The highest BCUT2D eigenvalue weighted by atomic mass is 16.1. The van der Waals surface area contributed by atoms with Crippen LogP contribution in [0.3, 0.4) is 0 Å². The minimum atomic E-state index is 0.139. The van der Waals surface area contributed by atoms with Crippen molar-refractivity contribution in [3.63, 3.8) is 0 Å². The van der Waals surface area contributed by atoms with Gasteiger partial charge in [-0.25, -0.2) is 0 Å². The Kier molecular flexibility index (Phi) is 6.81. The summed E-state index contributed by atoms with van der Waals surface area (Å²) >= 11 is 0. The molecule has 1 heterocycles. The molecule has 0 aromatic heterocycles. The van der Waals surface area contributed by atoms with Crippen LogP contribution < -0.4 is 5.32 Å². The molecule has 0 bridgehead atoms. The van der Waals surface area contributed by atoms with Crippen molar-refractivity contribution in [2.24, 2.45) is 0 Å². The van der Waals surface area contributed by atoms with E-state index in [1.807, 2.05) is 12.1 Å². The van der Waals surface area contributed by atoms with E-state index in [1.54, 1.807) is 0 Å². The Morgan fingerprint density at radius 2 is 1.58 bits per heavy atom. The number of carbonyl (C=O) groups is 1. The van der Waals surface area contributed by atoms with Crippen LogP contribution in [0, 0.1) is 6.92 Å². The van der Waals surface area contributed by atoms with E-state index in [2.05, 4.69) is 64.5 Å². The largest absolute Gasteiger partial charge is 0.352 e. The van der Waals surface area contributed by atoms with Crippen molar-refractivity contribution < 1.29 is 4.79 Å². The lowest BCUT2D eigenvalue weighted by molar-refractivity contribution is -0.121. The molecule has 1 amide bonds. The highest BCUT2D eigenvalue weighted by molar-refractivity contribution is 5.76. The van der Waals surface area contributed by atoms with Crippen molar-refractivity contribution in [2.45, 2.75) is 26.4 Å². The smallest absolute Gasteiger partial charge is 0.221 e. The van der Waals surface area contributed by atoms with Crippen molar-refractivity contribution in [3.8, 4) is 0 Å². The summed E-state index contributed by atoms with van der Waals surface area (Å²) in [7, 11) is 0. The maximum absolute atomic E-state index is 12.1. The Morgan fingerprint density at radius 3 is 2.31 bits per heavy atom. The predicted octanol–water partition coefficient (Wildman–Crippen LogP) is 2.82. The highest BCUT2D eigenvalue weighted by Crippen LogP contribution is 2.09. The lowest BCUT2D eigenvalue weighted by Crippen LogP contribution is -2.46. The summed E-state index contributed by atoms with van der Waals surface area (Å²) in [6, 6.07) is 18.8. The standard InChI is InChI=1S/C22H29N3O/c1-19-7-5-6-10-21(19)17-23-22(26)11-12-24-13-15-25(16-14-24)18-20-8-3-2-4-9-20/h2-10H,11-18H2,1H3,(H,23,26). The zero-order valence-corrected chi connectivity index (χ0v) is 15.7. The molecule has 138 valence electrons. The van der Waals surface area contributed by atoms with Gasteiger partial charge in [-0.3, -0.25) is 9.69 Å². The number of aryl methyl sites for hydroxylation is 1. The first kappa shape index (κ1) is 18.6. The number of piperazine rings is 1. The van der Waals surface area contributed by atoms with E-state index in [0.717, 1.165) is 39.3 Å². The number of hydrogen-bond acceptors (Lipinski definition) is 3. The molecule has 0 radical (unpaired) electrons. The Balaban J connectivity index is 1.33. The second-order valence-electron chi connectivity index (χ2n) is 7.06. The quantitative estimate of drug-likeness (QED) is 0.833. The molecule has 0 aliphatic carbocycles. The molecule has 0 unspecified atom stereocenters. The van der Waals surface area contributed by atoms with Gasteiger partial charge < -0.3 is 10.2 Å². The predicted molar refractivity (Wildman–Crippen MR) is 106 cm³/mol. The number of benzene rings is 2. The Morgan fingerprint density at radius 1 is 0.923 bits per heavy atom. The van der Waals surface area contributed by atoms with Gasteiger partial charge in [0.1, 0.15) is 0 Å². The third kappa shape index (κ3) is 5.68. The highest BCUT2D eigenvalue weighted by Gasteiger charge is 2.17. The fourth-order valence-electron chi connectivity index (χ4n) is 3.36. The minimum absolute atomic E-state index is 0.139. The number of hydrogen-bond donors (Lipinski definition) is 1. The molecule has 1 saturated heterocycles. The van der Waals surface area contributed by atoms with Crippen LogP contribution >= 0.6 is 0 Å². The van der Waals surface area contributed by atoms with Crippen LogP contribution in [0.25, 0.3) is 0 Å². The molecular weight excluding hydrogens is 322 g/mol. The fraction of sp³-hybridized carbons (Fsp3) is 0.409. The van der Waals surface area contributed by atoms with Gasteiger partial charge in [0.2, 0.25) is 5.91 Å². The van der Waals surface area contributed by atoms with Crippen LogP contribution in [0.2, 0.25) is 0 Å². The summed E-state index contributed by atoms with van der Waals surface area (Å²) in [5.41, 5.74) is 3.79. The summed E-state index contributed by atoms with van der Waals surface area (Å²) in [5.74, 6) is 0.139. The molecule has 1 N–H and O–H groups in total. The van der Waals surface area contributed by atoms with Gasteiger partial charge in [-0.05, 0) is 23.6 Å². The lowest BCUT2D eigenvalue weighted by Gasteiger charge is -2.34. The molecule has 1 fully saturated rings. The molecule has 0 atom stereocenters. The monoisotopic (exact) mass is 351 g/mol. The van der Waals surface area contributed by atoms with E-state index in [1.165, 1.54) is 16.7 Å². The molecule has 4 heteroatoms. The van der Waals surface area contributed by atoms with E-state index in [9.17, 15) is 4.79 Å². The number of rotatable bonds is 7. The van der Waals surface area contributed by atoms with Gasteiger partial charge in [0.15, 0.2) is 0 Å². The van der Waals surface area contributed by atoms with Crippen LogP contribution in [0.1, 0.15) is 23.1 Å². The minimum Gasteiger partial charge on any atom is -0.352 e. The van der Waals surface area contributed by atoms with E-state index >= 15 is 0 Å². The summed E-state index contributed by atoms with van der Waals surface area (Å²) in [6.45, 7) is 8.78. The molecule has 4 nitrogen and oxygen atoms in total. The van der Waals surface area contributed by atoms with Crippen LogP contribution in [0.4, 0.5) is 0 Å². The normalized spacial score (nSPS) is 15.7. The number of amides is 1. The Bertz CT molecular complexity index is 694. The van der Waals surface area contributed by atoms with Gasteiger partial charge in [-0.2, -0.15) is 0 Å². The van der Waals surface area contributed by atoms with Crippen molar-refractivity contribution >= 4 is 5.91 Å². The van der Waals surface area contributed by atoms with Gasteiger partial charge >= 0.3 is 0 Å². The van der Waals surface area contributed by atoms with Gasteiger partial charge in [0.05, 0.1) is 0 Å². The third-order valence-electron chi connectivity index (χ3n) is 5.11. The van der Waals surface area contributed by atoms with Crippen molar-refractivity contribution in [2.75, 3.05) is 32.7 Å². The average molecular weight is 351 g/mol. The Labute approximate surface area is 156 Å². The Hall–Kier alpha value is -2.17. The number of nitrogens with zero attached hydrogens (tertiary/aromatic N) is 2. The molecular formula is C22H29N3O. The first-order valence-electron chi connectivity index (χ1n) is 9.50. The summed E-state index contributed by atoms with van der Waals surface area (Å²) in [5, 5.41) is 3.04. The summed E-state index contributed by atoms with van der Waals surface area (Å²) < 4.78 is 0. The molecule has 2 aromatic carbocycles. The SMILES string of the molecule is Cc1ccccc1CNC(=O)CCN1CCN(Cc2ccccc2)CC1. The third-order valence-corrected chi connectivity index (χ3v) is 5.11. The number of nitrogens with one attached hydrogen (secondary N) is 1. The molecule has 1 aliphatic heterocycles. The van der Waals surface area contributed by atoms with Gasteiger partial charge in [-0.15, -0.1) is 0 Å². The van der Waals surface area contributed by atoms with E-state index in [-0.39, 0.29) is 5.91 Å². The van der Waals surface area contributed by atoms with Crippen LogP contribution in [-0.4, -0.2) is 48.4 Å². The zero-order chi connectivity index (χ0) is 18.2. The maximum atomic E-state index is 12.1. The second-order valence-corrected chi connectivity index (χ2v) is 7.06. The first-order valence-corrected chi connectivity index (χ1v) is 9.50. The lowest BCUT2D eigenvalue weighted by atomic mass is 10.1. The molecule has 0 spiro atoms. The van der Waals surface area contributed by atoms with Crippen molar-refractivity contribution in [1.82, 2.24) is 15.1 Å². The van der Waals surface area contributed by atoms with E-state index in [4.69, 9.17) is 0 Å². The van der Waals surface area contributed by atoms with Crippen LogP contribution in [0.5, 0.6) is 0 Å². The van der Waals surface area contributed by atoms with Gasteiger partial charge in [0, 0.05) is 52.2 Å². The van der Waals surface area contributed by atoms with Gasteiger partial charge in [-0.1, -0.05) is 54.6 Å². The first-order chi connectivity index (χ1) is 12.7. The topological polar surface area (TPSA) is 35.6 Å². The van der Waals surface area contributed by atoms with Crippen LogP contribution in [0.15, 0.2) is 54.6 Å². The van der Waals surface area contributed by atoms with E-state index < -0.39 is 0 Å². The molecule has 26 heavy (non-hydrogen) atoms. The maximum Gasteiger partial charge on any atom is 0.221 e. The molecule has 2 aromatic rings. The molecule has 3 rings (SSSR count). The average Bonchev–Trinajstić information content (AvgIpc) is 2.68. The second kappa shape index (κ2) is 9.51. The fourth-order valence-corrected chi connectivity index (χ4v) is 3.36. The molecule has 1 aliphatic rings. The molecule has 0 saturated carbocycles. The summed E-state index contributed by atoms with van der Waals surface area (Å²) in [6.07, 6.45) is 0.574. The van der Waals surface area contributed by atoms with Crippen molar-refractivity contribution in [3.05, 3.63) is 71.3 Å². The van der Waals surface area contributed by atoms with Crippen molar-refractivity contribution in [1.29, 1.82) is 0 Å². The van der Waals surface area contributed by atoms with Gasteiger partial charge in [0.25, 0.3) is 0 Å². The van der Waals surface area contributed by atoms with Crippen LogP contribution in [-0.2, 0) is 17.9 Å². The zero-order valence-electron chi connectivity index (χ0n) is 15.7. The summed E-state index contributed by atoms with van der Waals surface area (Å²) in [4.78, 5) is 17.0. The van der Waals surface area contributed by atoms with E-state index in [0.29, 0.717) is 13.0 Å². The number of carbonyl (C=O) groups excluding carboxylic acids is 1.